The summed E-state index contributed by atoms with van der Waals surface area (Å²) in [4.78, 5) is 10.2. The van der Waals surface area contributed by atoms with Gasteiger partial charge in [0.1, 0.15) is 0 Å². The van der Waals surface area contributed by atoms with Crippen LogP contribution >= 0.6 is 11.8 Å². The third-order valence-corrected chi connectivity index (χ3v) is 2.35. The molecule has 0 bridgehead atoms. The van der Waals surface area contributed by atoms with Gasteiger partial charge in [0.15, 0.2) is 0 Å². The number of hydrogen-bond donors (Lipinski definition) is 1. The molecule has 1 N–H and O–H groups in total. The molecule has 1 heterocycles. The fourth-order valence-electron chi connectivity index (χ4n) is 0.816. The van der Waals surface area contributed by atoms with Gasteiger partial charge in [-0.1, -0.05) is 11.8 Å². The van der Waals surface area contributed by atoms with Crippen LogP contribution in [-0.2, 0) is 11.3 Å². The van der Waals surface area contributed by atoms with Gasteiger partial charge in [0.05, 0.1) is 17.0 Å². The minimum atomic E-state index is -0.802. The van der Waals surface area contributed by atoms with Crippen LogP contribution in [0, 0.1) is 0 Å². The molecule has 0 amide bonds. The Morgan fingerprint density at radius 2 is 2.58 bits per heavy atom. The van der Waals surface area contributed by atoms with E-state index in [0.717, 1.165) is 11.6 Å². The van der Waals surface area contributed by atoms with Gasteiger partial charge < -0.3 is 5.11 Å². The van der Waals surface area contributed by atoms with Crippen LogP contribution in [0.5, 0.6) is 0 Å². The van der Waals surface area contributed by atoms with E-state index in [1.165, 1.54) is 11.8 Å². The minimum Gasteiger partial charge on any atom is -0.481 e. The van der Waals surface area contributed by atoms with Crippen molar-refractivity contribution < 1.29 is 9.90 Å². The molecule has 0 spiro atoms. The van der Waals surface area contributed by atoms with E-state index in [1.807, 2.05) is 13.0 Å². The standard InChI is InChI=1S/C7H10N2O2S/c1-2-9-6(3-4-8-9)12-5-7(10)11/h3-4H,2,5H2,1H3,(H,10,11). The third kappa shape index (κ3) is 2.27. The molecular formula is C7H10N2O2S. The Hall–Kier alpha value is -0.970. The van der Waals surface area contributed by atoms with E-state index in [0.29, 0.717) is 0 Å². The topological polar surface area (TPSA) is 55.1 Å². The molecule has 4 nitrogen and oxygen atoms in total. The third-order valence-electron chi connectivity index (χ3n) is 1.32. The Bertz CT molecular complexity index is 272. The first kappa shape index (κ1) is 9.12. The lowest BCUT2D eigenvalue weighted by molar-refractivity contribution is -0.133. The van der Waals surface area contributed by atoms with Crippen LogP contribution in [0.15, 0.2) is 17.3 Å². The Balaban J connectivity index is 2.56. The second kappa shape index (κ2) is 4.15. The number of carboxylic acids is 1. The van der Waals surface area contributed by atoms with E-state index in [2.05, 4.69) is 5.10 Å². The molecule has 0 aliphatic rings. The first-order chi connectivity index (χ1) is 5.74. The van der Waals surface area contributed by atoms with Crippen molar-refractivity contribution in [1.82, 2.24) is 9.78 Å². The number of rotatable bonds is 4. The van der Waals surface area contributed by atoms with Crippen LogP contribution in [0.25, 0.3) is 0 Å². The molecular weight excluding hydrogens is 176 g/mol. The van der Waals surface area contributed by atoms with E-state index in [-0.39, 0.29) is 5.75 Å². The van der Waals surface area contributed by atoms with Crippen LogP contribution in [0.4, 0.5) is 0 Å². The summed E-state index contributed by atoms with van der Waals surface area (Å²) in [5.41, 5.74) is 0. The van der Waals surface area contributed by atoms with Crippen LogP contribution < -0.4 is 0 Å². The maximum atomic E-state index is 10.2. The summed E-state index contributed by atoms with van der Waals surface area (Å²) in [6.07, 6.45) is 1.67. The van der Waals surface area contributed by atoms with E-state index < -0.39 is 5.97 Å². The average Bonchev–Trinajstić information content (AvgIpc) is 2.47. The largest absolute Gasteiger partial charge is 0.481 e. The maximum Gasteiger partial charge on any atom is 0.313 e. The zero-order chi connectivity index (χ0) is 8.97. The summed E-state index contributed by atoms with van der Waals surface area (Å²) in [5.74, 6) is -0.713. The minimum absolute atomic E-state index is 0.0890. The highest BCUT2D eigenvalue weighted by atomic mass is 32.2. The monoisotopic (exact) mass is 186 g/mol. The van der Waals surface area contributed by atoms with E-state index in [1.54, 1.807) is 10.9 Å². The van der Waals surface area contributed by atoms with E-state index in [4.69, 9.17) is 5.11 Å². The van der Waals surface area contributed by atoms with Crippen molar-refractivity contribution in [2.24, 2.45) is 0 Å². The van der Waals surface area contributed by atoms with Crippen LogP contribution in [-0.4, -0.2) is 26.6 Å². The van der Waals surface area contributed by atoms with E-state index >= 15 is 0 Å². The predicted octanol–water partition coefficient (Wildman–Crippen LogP) is 1.08. The van der Waals surface area contributed by atoms with Crippen molar-refractivity contribution in [3.8, 4) is 0 Å². The van der Waals surface area contributed by atoms with Crippen molar-refractivity contribution in [2.75, 3.05) is 5.75 Å². The molecule has 0 fully saturated rings. The molecule has 0 saturated heterocycles. The highest BCUT2D eigenvalue weighted by molar-refractivity contribution is 7.99. The summed E-state index contributed by atoms with van der Waals surface area (Å²) in [7, 11) is 0. The molecule has 0 atom stereocenters. The van der Waals surface area contributed by atoms with Gasteiger partial charge in [-0.2, -0.15) is 5.10 Å². The van der Waals surface area contributed by atoms with Crippen molar-refractivity contribution in [3.63, 3.8) is 0 Å². The second-order valence-electron chi connectivity index (χ2n) is 2.17. The molecule has 0 saturated carbocycles. The van der Waals surface area contributed by atoms with Gasteiger partial charge in [-0.05, 0) is 13.0 Å². The Kier molecular flexibility index (Phi) is 3.16. The smallest absolute Gasteiger partial charge is 0.313 e. The number of hydrogen-bond acceptors (Lipinski definition) is 3. The lowest BCUT2D eigenvalue weighted by Gasteiger charge is -2.00. The summed E-state index contributed by atoms with van der Waals surface area (Å²) in [6, 6.07) is 1.82. The van der Waals surface area contributed by atoms with Gasteiger partial charge in [-0.25, -0.2) is 0 Å². The summed E-state index contributed by atoms with van der Waals surface area (Å²) >= 11 is 1.29. The van der Waals surface area contributed by atoms with Gasteiger partial charge in [-0.15, -0.1) is 0 Å². The van der Waals surface area contributed by atoms with Crippen LogP contribution in [0.2, 0.25) is 0 Å². The summed E-state index contributed by atoms with van der Waals surface area (Å²) in [5, 5.41) is 13.3. The molecule has 5 heteroatoms. The number of aliphatic carboxylic acids is 1. The van der Waals surface area contributed by atoms with Crippen molar-refractivity contribution in [2.45, 2.75) is 18.5 Å². The van der Waals surface area contributed by atoms with E-state index in [9.17, 15) is 4.79 Å². The molecule has 12 heavy (non-hydrogen) atoms. The molecule has 0 aliphatic carbocycles. The first-order valence-corrected chi connectivity index (χ1v) is 4.59. The normalized spacial score (nSPS) is 10.1. The number of carboxylic acid groups (broad SMARTS) is 1. The molecule has 1 aromatic rings. The van der Waals surface area contributed by atoms with Crippen molar-refractivity contribution in [1.29, 1.82) is 0 Å². The lowest BCUT2D eigenvalue weighted by atomic mass is 10.7. The zero-order valence-electron chi connectivity index (χ0n) is 6.73. The van der Waals surface area contributed by atoms with Crippen LogP contribution in [0.3, 0.4) is 0 Å². The summed E-state index contributed by atoms with van der Waals surface area (Å²) in [6.45, 7) is 2.74. The number of thioether (sulfide) groups is 1. The molecule has 0 radical (unpaired) electrons. The van der Waals surface area contributed by atoms with Gasteiger partial charge in [-0.3, -0.25) is 9.48 Å². The van der Waals surface area contributed by atoms with Gasteiger partial charge in [0, 0.05) is 6.54 Å². The molecule has 1 rings (SSSR count). The fraction of sp³-hybridized carbons (Fsp3) is 0.429. The highest BCUT2D eigenvalue weighted by Gasteiger charge is 2.03. The summed E-state index contributed by atoms with van der Waals surface area (Å²) < 4.78 is 1.77. The fourth-order valence-corrected chi connectivity index (χ4v) is 1.57. The Labute approximate surface area is 74.6 Å². The van der Waals surface area contributed by atoms with Gasteiger partial charge in [0.2, 0.25) is 0 Å². The first-order valence-electron chi connectivity index (χ1n) is 3.60. The van der Waals surface area contributed by atoms with Crippen molar-refractivity contribution in [3.05, 3.63) is 12.3 Å². The quantitative estimate of drug-likeness (QED) is 0.715. The second-order valence-corrected chi connectivity index (χ2v) is 3.16. The van der Waals surface area contributed by atoms with Gasteiger partial charge in [0.25, 0.3) is 0 Å². The Morgan fingerprint density at radius 1 is 1.83 bits per heavy atom. The van der Waals surface area contributed by atoms with Crippen molar-refractivity contribution >= 4 is 17.7 Å². The molecule has 0 unspecified atom stereocenters. The zero-order valence-corrected chi connectivity index (χ0v) is 7.54. The highest BCUT2D eigenvalue weighted by Crippen LogP contribution is 2.16. The van der Waals surface area contributed by atoms with Crippen LogP contribution in [0.1, 0.15) is 6.92 Å². The average molecular weight is 186 g/mol. The maximum absolute atomic E-state index is 10.2. The number of nitrogens with zero attached hydrogens (tertiary/aromatic N) is 2. The molecule has 0 aliphatic heterocycles. The molecule has 0 aromatic carbocycles. The number of carbonyl (C=O) groups is 1. The lowest BCUT2D eigenvalue weighted by Crippen LogP contribution is -2.02. The SMILES string of the molecule is CCn1nccc1SCC(=O)O. The number of aromatic nitrogens is 2. The molecule has 1 aromatic heterocycles. The predicted molar refractivity (Wildman–Crippen MR) is 46.3 cm³/mol. The molecule has 66 valence electrons. The van der Waals surface area contributed by atoms with Gasteiger partial charge >= 0.3 is 5.97 Å². The Morgan fingerprint density at radius 3 is 3.17 bits per heavy atom. The number of aryl methyl sites for hydroxylation is 1.